The van der Waals surface area contributed by atoms with E-state index in [0.717, 1.165) is 23.4 Å². The minimum absolute atomic E-state index is 0.200. The Balaban J connectivity index is 2.26. The van der Waals surface area contributed by atoms with Gasteiger partial charge in [-0.05, 0) is 49.4 Å². The summed E-state index contributed by atoms with van der Waals surface area (Å²) in [5.41, 5.74) is 1.45. The van der Waals surface area contributed by atoms with Gasteiger partial charge in [-0.2, -0.15) is 0 Å². The van der Waals surface area contributed by atoms with Gasteiger partial charge in [-0.3, -0.25) is 0 Å². The van der Waals surface area contributed by atoms with E-state index in [-0.39, 0.29) is 5.41 Å². The highest BCUT2D eigenvalue weighted by Crippen LogP contribution is 2.52. The molecule has 100 valence electrons. The Hall–Kier alpha value is -0.240. The van der Waals surface area contributed by atoms with Crippen molar-refractivity contribution in [3.05, 3.63) is 33.8 Å². The number of benzene rings is 1. The van der Waals surface area contributed by atoms with E-state index in [2.05, 4.69) is 25.2 Å². The van der Waals surface area contributed by atoms with Gasteiger partial charge in [-0.25, -0.2) is 0 Å². The van der Waals surface area contributed by atoms with Crippen LogP contribution in [0.4, 0.5) is 0 Å². The second kappa shape index (κ2) is 5.40. The van der Waals surface area contributed by atoms with Gasteiger partial charge in [0.2, 0.25) is 0 Å². The highest BCUT2D eigenvalue weighted by molar-refractivity contribution is 6.35. The van der Waals surface area contributed by atoms with E-state index in [0.29, 0.717) is 5.02 Å². The molecule has 3 heteroatoms. The topological polar surface area (TPSA) is 12.0 Å². The maximum absolute atomic E-state index is 6.38. The smallest absolute Gasteiger partial charge is 0.0458 e. The first-order valence-corrected chi connectivity index (χ1v) is 7.34. The van der Waals surface area contributed by atoms with Crippen LogP contribution < -0.4 is 5.32 Å². The zero-order chi connectivity index (χ0) is 13.3. The summed E-state index contributed by atoms with van der Waals surface area (Å²) >= 11 is 12.4. The fourth-order valence-corrected chi connectivity index (χ4v) is 3.74. The van der Waals surface area contributed by atoms with Crippen LogP contribution in [0, 0.1) is 11.8 Å². The summed E-state index contributed by atoms with van der Waals surface area (Å²) in [4.78, 5) is 0. The van der Waals surface area contributed by atoms with E-state index < -0.39 is 0 Å². The Morgan fingerprint density at radius 2 is 2.00 bits per heavy atom. The maximum Gasteiger partial charge on any atom is 0.0458 e. The fraction of sp³-hybridized carbons (Fsp3) is 0.600. The number of nitrogens with one attached hydrogen (secondary N) is 1. The van der Waals surface area contributed by atoms with E-state index in [1.165, 1.54) is 18.4 Å². The third-order valence-electron chi connectivity index (χ3n) is 4.27. The first-order chi connectivity index (χ1) is 8.48. The predicted octanol–water partition coefficient (Wildman–Crippen LogP) is 4.52. The van der Waals surface area contributed by atoms with E-state index >= 15 is 0 Å². The first-order valence-electron chi connectivity index (χ1n) is 6.58. The second-order valence-electron chi connectivity index (χ2n) is 5.85. The molecule has 1 nitrogen and oxygen atoms in total. The summed E-state index contributed by atoms with van der Waals surface area (Å²) in [5, 5.41) is 4.84. The molecule has 1 fully saturated rings. The minimum atomic E-state index is 0.200. The summed E-state index contributed by atoms with van der Waals surface area (Å²) in [6.45, 7) is 5.59. The van der Waals surface area contributed by atoms with Gasteiger partial charge in [0.25, 0.3) is 0 Å². The molecular weight excluding hydrogens is 265 g/mol. The number of hydrogen-bond acceptors (Lipinski definition) is 1. The van der Waals surface area contributed by atoms with Gasteiger partial charge in [0, 0.05) is 22.0 Å². The molecular formula is C15H21Cl2N. The Morgan fingerprint density at radius 3 is 2.50 bits per heavy atom. The molecule has 1 saturated carbocycles. The Labute approximate surface area is 120 Å². The largest absolute Gasteiger partial charge is 0.319 e. The summed E-state index contributed by atoms with van der Waals surface area (Å²) < 4.78 is 0. The van der Waals surface area contributed by atoms with Crippen LogP contribution in [0.3, 0.4) is 0 Å². The lowest BCUT2D eigenvalue weighted by Crippen LogP contribution is -2.49. The lowest BCUT2D eigenvalue weighted by atomic mass is 9.56. The molecule has 0 bridgehead atoms. The van der Waals surface area contributed by atoms with Crippen molar-refractivity contribution >= 4 is 23.2 Å². The standard InChI is InChI=1S/C15H21Cl2N/c1-10(2)11-7-15(8-11,9-18-3)13-5-4-12(16)6-14(13)17/h4-6,10-11,18H,7-9H2,1-3H3. The van der Waals surface area contributed by atoms with Crippen molar-refractivity contribution in [2.24, 2.45) is 11.8 Å². The molecule has 18 heavy (non-hydrogen) atoms. The molecule has 1 N–H and O–H groups in total. The predicted molar refractivity (Wildman–Crippen MR) is 79.6 cm³/mol. The Bertz CT molecular complexity index is 423. The molecule has 0 saturated heterocycles. The molecule has 0 spiro atoms. The molecule has 0 radical (unpaired) electrons. The van der Waals surface area contributed by atoms with Gasteiger partial charge in [0.05, 0.1) is 0 Å². The lowest BCUT2D eigenvalue weighted by Gasteiger charge is -2.50. The van der Waals surface area contributed by atoms with E-state index in [1.807, 2.05) is 19.2 Å². The average Bonchev–Trinajstić information content (AvgIpc) is 2.23. The zero-order valence-electron chi connectivity index (χ0n) is 11.3. The van der Waals surface area contributed by atoms with E-state index in [4.69, 9.17) is 23.2 Å². The van der Waals surface area contributed by atoms with E-state index in [9.17, 15) is 0 Å². The molecule has 0 heterocycles. The van der Waals surface area contributed by atoms with Crippen molar-refractivity contribution in [1.82, 2.24) is 5.32 Å². The van der Waals surface area contributed by atoms with Gasteiger partial charge in [0.15, 0.2) is 0 Å². The average molecular weight is 286 g/mol. The van der Waals surface area contributed by atoms with Gasteiger partial charge < -0.3 is 5.32 Å². The van der Waals surface area contributed by atoms with Crippen molar-refractivity contribution in [3.8, 4) is 0 Å². The van der Waals surface area contributed by atoms with Crippen LogP contribution in [-0.4, -0.2) is 13.6 Å². The van der Waals surface area contributed by atoms with Crippen molar-refractivity contribution in [3.63, 3.8) is 0 Å². The highest BCUT2D eigenvalue weighted by Gasteiger charge is 2.46. The summed E-state index contributed by atoms with van der Waals surface area (Å²) in [5.74, 6) is 1.56. The quantitative estimate of drug-likeness (QED) is 0.858. The SMILES string of the molecule is CNCC1(c2ccc(Cl)cc2Cl)CC(C(C)C)C1. The van der Waals surface area contributed by atoms with Crippen molar-refractivity contribution in [1.29, 1.82) is 0 Å². The molecule has 1 aliphatic rings. The number of rotatable bonds is 4. The summed E-state index contributed by atoms with van der Waals surface area (Å²) in [7, 11) is 2.01. The monoisotopic (exact) mass is 285 g/mol. The highest BCUT2D eigenvalue weighted by atomic mass is 35.5. The van der Waals surface area contributed by atoms with Crippen LogP contribution in [0.5, 0.6) is 0 Å². The number of hydrogen-bond donors (Lipinski definition) is 1. The van der Waals surface area contributed by atoms with Crippen LogP contribution in [0.25, 0.3) is 0 Å². The van der Waals surface area contributed by atoms with Crippen molar-refractivity contribution in [2.75, 3.05) is 13.6 Å². The number of likely N-dealkylation sites (N-methyl/N-ethyl adjacent to an activating group) is 1. The minimum Gasteiger partial charge on any atom is -0.319 e. The Morgan fingerprint density at radius 1 is 1.33 bits per heavy atom. The maximum atomic E-state index is 6.38. The van der Waals surface area contributed by atoms with Gasteiger partial charge in [0.1, 0.15) is 0 Å². The lowest BCUT2D eigenvalue weighted by molar-refractivity contribution is 0.0997. The molecule has 0 atom stereocenters. The van der Waals surface area contributed by atoms with Crippen LogP contribution in [-0.2, 0) is 5.41 Å². The van der Waals surface area contributed by atoms with Crippen molar-refractivity contribution < 1.29 is 0 Å². The van der Waals surface area contributed by atoms with Crippen molar-refractivity contribution in [2.45, 2.75) is 32.1 Å². The molecule has 0 amide bonds. The van der Waals surface area contributed by atoms with Crippen LogP contribution >= 0.6 is 23.2 Å². The molecule has 1 aromatic rings. The molecule has 0 aromatic heterocycles. The molecule has 2 rings (SSSR count). The van der Waals surface area contributed by atoms with Crippen LogP contribution in [0.2, 0.25) is 10.0 Å². The summed E-state index contributed by atoms with van der Waals surface area (Å²) in [6, 6.07) is 5.90. The molecule has 1 aromatic carbocycles. The molecule has 1 aliphatic carbocycles. The van der Waals surface area contributed by atoms with Crippen LogP contribution in [0.15, 0.2) is 18.2 Å². The second-order valence-corrected chi connectivity index (χ2v) is 6.69. The first kappa shape index (κ1) is 14.2. The third-order valence-corrected chi connectivity index (χ3v) is 4.81. The van der Waals surface area contributed by atoms with Gasteiger partial charge in [-0.1, -0.05) is 43.1 Å². The molecule has 0 unspecified atom stereocenters. The Kier molecular flexibility index (Phi) is 4.25. The van der Waals surface area contributed by atoms with Gasteiger partial charge >= 0.3 is 0 Å². The normalized spacial score (nSPS) is 27.3. The summed E-state index contributed by atoms with van der Waals surface area (Å²) in [6.07, 6.45) is 2.43. The third kappa shape index (κ3) is 2.54. The fourth-order valence-electron chi connectivity index (χ4n) is 3.13. The van der Waals surface area contributed by atoms with Crippen LogP contribution in [0.1, 0.15) is 32.3 Å². The van der Waals surface area contributed by atoms with E-state index in [1.54, 1.807) is 0 Å². The van der Waals surface area contributed by atoms with Gasteiger partial charge in [-0.15, -0.1) is 0 Å². The number of halogens is 2. The molecule has 0 aliphatic heterocycles. The zero-order valence-corrected chi connectivity index (χ0v) is 12.8.